The van der Waals surface area contributed by atoms with Crippen LogP contribution >= 0.6 is 0 Å². The van der Waals surface area contributed by atoms with Crippen LogP contribution in [0.1, 0.15) is 12.8 Å². The first kappa shape index (κ1) is 15.6. The zero-order chi connectivity index (χ0) is 16.1. The largest absolute Gasteiger partial charge is 0.481 e. The van der Waals surface area contributed by atoms with E-state index in [1.54, 1.807) is 0 Å². The third kappa shape index (κ3) is 2.20. The number of hydrogen-bond donors (Lipinski definition) is 5. The van der Waals surface area contributed by atoms with Crippen LogP contribution in [0.3, 0.4) is 0 Å². The Labute approximate surface area is 125 Å². The summed E-state index contributed by atoms with van der Waals surface area (Å²) in [5.74, 6) is -2.92. The smallest absolute Gasteiger partial charge is 0.323 e. The summed E-state index contributed by atoms with van der Waals surface area (Å²) >= 11 is 0. The third-order valence-electron chi connectivity index (χ3n) is 4.86. The average molecular weight is 317 g/mol. The van der Waals surface area contributed by atoms with Crippen molar-refractivity contribution in [3.8, 4) is 0 Å². The van der Waals surface area contributed by atoms with Crippen molar-refractivity contribution in [3.63, 3.8) is 0 Å². The van der Waals surface area contributed by atoms with Gasteiger partial charge in [-0.1, -0.05) is 0 Å². The van der Waals surface area contributed by atoms with Crippen molar-refractivity contribution < 1.29 is 39.5 Å². The van der Waals surface area contributed by atoms with E-state index < -0.39 is 60.3 Å². The van der Waals surface area contributed by atoms with Crippen LogP contribution < -0.4 is 5.32 Å². The molecule has 22 heavy (non-hydrogen) atoms. The lowest BCUT2D eigenvalue weighted by Crippen LogP contribution is -2.53. The fourth-order valence-electron chi connectivity index (χ4n) is 3.90. The molecule has 0 radical (unpaired) electrons. The van der Waals surface area contributed by atoms with E-state index in [2.05, 4.69) is 5.32 Å². The van der Waals surface area contributed by atoms with E-state index in [1.165, 1.54) is 0 Å². The molecule has 3 saturated heterocycles. The van der Waals surface area contributed by atoms with Gasteiger partial charge in [0, 0.05) is 19.1 Å². The first-order valence-corrected chi connectivity index (χ1v) is 7.20. The van der Waals surface area contributed by atoms with Gasteiger partial charge in [0.1, 0.15) is 23.9 Å². The van der Waals surface area contributed by atoms with Crippen LogP contribution in [0.5, 0.6) is 0 Å². The number of ether oxygens (including phenoxy) is 2. The first-order chi connectivity index (χ1) is 10.4. The molecule has 5 N–H and O–H groups in total. The highest BCUT2D eigenvalue weighted by molar-refractivity contribution is 5.79. The summed E-state index contributed by atoms with van der Waals surface area (Å²) in [6.45, 7) is 0.411. The minimum absolute atomic E-state index is 0.195. The molecule has 0 saturated carbocycles. The molecule has 0 aromatic heterocycles. The molecule has 9 heteroatoms. The quantitative estimate of drug-likeness (QED) is 0.391. The van der Waals surface area contributed by atoms with Gasteiger partial charge in [-0.3, -0.25) is 9.59 Å². The summed E-state index contributed by atoms with van der Waals surface area (Å²) in [4.78, 5) is 22.7. The molecule has 9 nitrogen and oxygen atoms in total. The van der Waals surface area contributed by atoms with Gasteiger partial charge in [-0.2, -0.15) is 0 Å². The Bertz CT molecular complexity index is 485. The van der Waals surface area contributed by atoms with Gasteiger partial charge < -0.3 is 35.2 Å². The number of hydrogen-bond acceptors (Lipinski definition) is 7. The minimum atomic E-state index is -1.50. The first-order valence-electron chi connectivity index (χ1n) is 7.20. The predicted octanol–water partition coefficient (Wildman–Crippen LogP) is -2.22. The number of carboxylic acids is 2. The minimum Gasteiger partial charge on any atom is -0.481 e. The second-order valence-electron chi connectivity index (χ2n) is 6.08. The second-order valence-corrected chi connectivity index (χ2v) is 6.08. The molecule has 0 unspecified atom stereocenters. The number of nitrogens with one attached hydrogen (secondary N) is 1. The molecule has 3 aliphatic rings. The van der Waals surface area contributed by atoms with Crippen molar-refractivity contribution in [2.75, 3.05) is 13.2 Å². The number of aliphatic hydroxyl groups is 2. The lowest BCUT2D eigenvalue weighted by atomic mass is 9.80. The Balaban J connectivity index is 1.97. The van der Waals surface area contributed by atoms with Crippen molar-refractivity contribution in [2.45, 2.75) is 48.9 Å². The monoisotopic (exact) mass is 317 g/mol. The van der Waals surface area contributed by atoms with E-state index in [9.17, 15) is 24.9 Å². The summed E-state index contributed by atoms with van der Waals surface area (Å²) in [6.07, 6.45) is -4.15. The molecule has 3 rings (SSSR count). The summed E-state index contributed by atoms with van der Waals surface area (Å²) < 4.78 is 11.4. The summed E-state index contributed by atoms with van der Waals surface area (Å²) in [7, 11) is 0. The predicted molar refractivity (Wildman–Crippen MR) is 69.1 cm³/mol. The topological polar surface area (TPSA) is 146 Å². The number of carboxylic acid groups (broad SMARTS) is 2. The molecule has 7 atom stereocenters. The molecule has 0 aliphatic carbocycles. The molecular weight excluding hydrogens is 298 g/mol. The molecule has 3 fully saturated rings. The van der Waals surface area contributed by atoms with Gasteiger partial charge in [0.15, 0.2) is 0 Å². The van der Waals surface area contributed by atoms with E-state index in [4.69, 9.17) is 14.6 Å². The van der Waals surface area contributed by atoms with Crippen molar-refractivity contribution in [1.82, 2.24) is 5.32 Å². The zero-order valence-corrected chi connectivity index (χ0v) is 11.7. The van der Waals surface area contributed by atoms with Crippen LogP contribution in [-0.2, 0) is 19.1 Å². The highest BCUT2D eigenvalue weighted by Gasteiger charge is 2.67. The van der Waals surface area contributed by atoms with Crippen molar-refractivity contribution >= 4 is 11.9 Å². The summed E-state index contributed by atoms with van der Waals surface area (Å²) in [5.41, 5.74) is -1.50. The lowest BCUT2D eigenvalue weighted by molar-refractivity contribution is -0.166. The molecule has 0 bridgehead atoms. The molecule has 0 aromatic rings. The number of aliphatic carboxylic acids is 2. The number of rotatable bonds is 3. The molecule has 124 valence electrons. The highest BCUT2D eigenvalue weighted by atomic mass is 16.6. The standard InChI is InChI=1S/C13H19NO8/c15-6-1-2-21-9-5-4-14-11(12(19)20)13(5,3-7(16)17)22-10(9)8(6)18/h5-6,8-11,14-15,18H,1-4H2,(H,16,17)(H,19,20)/t5-,6+,8+,9-,10-,11-,13+/m1/s1. The highest BCUT2D eigenvalue weighted by Crippen LogP contribution is 2.48. The Kier molecular flexibility index (Phi) is 3.86. The van der Waals surface area contributed by atoms with E-state index in [0.717, 1.165) is 0 Å². The Morgan fingerprint density at radius 2 is 1.95 bits per heavy atom. The second kappa shape index (κ2) is 5.43. The Morgan fingerprint density at radius 1 is 1.23 bits per heavy atom. The van der Waals surface area contributed by atoms with Crippen LogP contribution in [0, 0.1) is 5.92 Å². The fourth-order valence-corrected chi connectivity index (χ4v) is 3.90. The van der Waals surface area contributed by atoms with Crippen LogP contribution in [0.15, 0.2) is 0 Å². The van der Waals surface area contributed by atoms with Gasteiger partial charge in [0.05, 0.1) is 18.6 Å². The maximum absolute atomic E-state index is 11.5. The van der Waals surface area contributed by atoms with Crippen molar-refractivity contribution in [3.05, 3.63) is 0 Å². The van der Waals surface area contributed by atoms with Crippen LogP contribution in [-0.4, -0.2) is 81.6 Å². The molecule has 3 heterocycles. The van der Waals surface area contributed by atoms with Crippen LogP contribution in [0.25, 0.3) is 0 Å². The fraction of sp³-hybridized carbons (Fsp3) is 0.846. The molecular formula is C13H19NO8. The number of carbonyl (C=O) groups is 2. The number of fused-ring (bicyclic) bond motifs is 3. The van der Waals surface area contributed by atoms with Gasteiger partial charge >= 0.3 is 11.9 Å². The average Bonchev–Trinajstić information content (AvgIpc) is 2.87. The van der Waals surface area contributed by atoms with Gasteiger partial charge in [0.25, 0.3) is 0 Å². The maximum Gasteiger partial charge on any atom is 0.323 e. The van der Waals surface area contributed by atoms with Crippen molar-refractivity contribution in [2.24, 2.45) is 5.92 Å². The van der Waals surface area contributed by atoms with Gasteiger partial charge in [-0.15, -0.1) is 0 Å². The van der Waals surface area contributed by atoms with E-state index in [1.807, 2.05) is 0 Å². The molecule has 0 spiro atoms. The van der Waals surface area contributed by atoms with E-state index in [-0.39, 0.29) is 19.6 Å². The van der Waals surface area contributed by atoms with Crippen LogP contribution in [0.2, 0.25) is 0 Å². The Hall–Kier alpha value is -1.26. The normalized spacial score (nSPS) is 47.5. The van der Waals surface area contributed by atoms with Gasteiger partial charge in [-0.25, -0.2) is 0 Å². The molecule has 3 aliphatic heterocycles. The van der Waals surface area contributed by atoms with Crippen LogP contribution in [0.4, 0.5) is 0 Å². The molecule has 0 amide bonds. The third-order valence-corrected chi connectivity index (χ3v) is 4.86. The summed E-state index contributed by atoms with van der Waals surface area (Å²) in [5, 5.41) is 41.3. The Morgan fingerprint density at radius 3 is 2.59 bits per heavy atom. The molecule has 0 aromatic carbocycles. The van der Waals surface area contributed by atoms with E-state index in [0.29, 0.717) is 0 Å². The van der Waals surface area contributed by atoms with Gasteiger partial charge in [-0.05, 0) is 6.42 Å². The lowest BCUT2D eigenvalue weighted by Gasteiger charge is -2.32. The maximum atomic E-state index is 11.5. The van der Waals surface area contributed by atoms with E-state index >= 15 is 0 Å². The zero-order valence-electron chi connectivity index (χ0n) is 11.7. The van der Waals surface area contributed by atoms with Crippen molar-refractivity contribution in [1.29, 1.82) is 0 Å². The SMILES string of the molecule is O=C(O)C[C@]12O[C@@H]3[C@@H](O)[C@@H](O)CCO[C@@H]3[C@H]1CN[C@@H]2C(=O)O. The summed E-state index contributed by atoms with van der Waals surface area (Å²) in [6, 6.07) is -1.20. The number of aliphatic hydroxyl groups excluding tert-OH is 2. The van der Waals surface area contributed by atoms with Gasteiger partial charge in [0.2, 0.25) is 0 Å².